The number of aromatic nitrogens is 1. The van der Waals surface area contributed by atoms with Crippen molar-refractivity contribution >= 4 is 29.8 Å². The zero-order chi connectivity index (χ0) is 19.2. The average molecular weight is 368 g/mol. The maximum atomic E-state index is 12.4. The average Bonchev–Trinajstić information content (AvgIpc) is 2.74. The van der Waals surface area contributed by atoms with Gasteiger partial charge in [-0.25, -0.2) is 9.78 Å². The first-order valence-electron chi connectivity index (χ1n) is 8.51. The van der Waals surface area contributed by atoms with E-state index >= 15 is 0 Å². The number of pyridine rings is 1. The lowest BCUT2D eigenvalue weighted by atomic mass is 10.2. The molecule has 0 unspecified atom stereocenters. The fraction of sp³-hybridized carbons (Fsp3) is 0.263. The molecule has 0 atom stereocenters. The lowest BCUT2D eigenvalue weighted by molar-refractivity contribution is -0.118. The van der Waals surface area contributed by atoms with Crippen LogP contribution >= 0.6 is 0 Å². The first kappa shape index (κ1) is 18.4. The summed E-state index contributed by atoms with van der Waals surface area (Å²) in [6, 6.07) is 9.96. The predicted octanol–water partition coefficient (Wildman–Crippen LogP) is 1.40. The van der Waals surface area contributed by atoms with Gasteiger partial charge in [-0.1, -0.05) is 0 Å². The Morgan fingerprint density at radius 2 is 1.70 bits per heavy atom. The summed E-state index contributed by atoms with van der Waals surface area (Å²) < 4.78 is 4.64. The highest BCUT2D eigenvalue weighted by atomic mass is 16.5. The molecule has 8 nitrogen and oxygen atoms in total. The number of hydrogen-bond acceptors (Lipinski definition) is 6. The number of carbonyl (C=O) groups excluding carboxylic acids is 3. The highest BCUT2D eigenvalue weighted by Crippen LogP contribution is 2.16. The number of piperazine rings is 1. The van der Waals surface area contributed by atoms with Gasteiger partial charge in [0.2, 0.25) is 6.41 Å². The van der Waals surface area contributed by atoms with Gasteiger partial charge in [0.25, 0.3) is 5.91 Å². The van der Waals surface area contributed by atoms with Crippen LogP contribution in [0.2, 0.25) is 0 Å². The Labute approximate surface area is 156 Å². The minimum Gasteiger partial charge on any atom is -0.465 e. The van der Waals surface area contributed by atoms with Gasteiger partial charge >= 0.3 is 5.97 Å². The number of ether oxygens (including phenoxy) is 1. The molecule has 0 aliphatic carbocycles. The number of hydrogen-bond donors (Lipinski definition) is 1. The Kier molecular flexibility index (Phi) is 5.65. The molecule has 3 rings (SSSR count). The Balaban J connectivity index is 1.60. The van der Waals surface area contributed by atoms with E-state index in [1.807, 2.05) is 0 Å². The van der Waals surface area contributed by atoms with Crippen LogP contribution in [-0.4, -0.2) is 61.5 Å². The molecule has 0 spiro atoms. The summed E-state index contributed by atoms with van der Waals surface area (Å²) in [7, 11) is 1.32. The van der Waals surface area contributed by atoms with Crippen LogP contribution < -0.4 is 10.2 Å². The monoisotopic (exact) mass is 368 g/mol. The van der Waals surface area contributed by atoms with Crippen molar-refractivity contribution in [3.05, 3.63) is 53.7 Å². The minimum absolute atomic E-state index is 0.286. The standard InChI is InChI=1S/C19H20N4O4/c1-27-19(26)14-2-5-16(6-3-14)21-18(25)15-4-7-17(20-12-15)23-10-8-22(13-24)9-11-23/h2-7,12-13H,8-11H2,1H3,(H,21,25). The van der Waals surface area contributed by atoms with Gasteiger partial charge in [-0.15, -0.1) is 0 Å². The molecule has 2 heterocycles. The van der Waals surface area contributed by atoms with Crippen molar-refractivity contribution in [3.8, 4) is 0 Å². The number of anilines is 2. The molecule has 0 radical (unpaired) electrons. The molecular weight excluding hydrogens is 348 g/mol. The van der Waals surface area contributed by atoms with Crippen LogP contribution in [-0.2, 0) is 9.53 Å². The van der Waals surface area contributed by atoms with E-state index in [1.165, 1.54) is 13.3 Å². The Bertz CT molecular complexity index is 813. The van der Waals surface area contributed by atoms with Gasteiger partial charge < -0.3 is 19.9 Å². The number of nitrogens with one attached hydrogen (secondary N) is 1. The van der Waals surface area contributed by atoms with E-state index in [0.29, 0.717) is 43.0 Å². The molecule has 0 bridgehead atoms. The van der Waals surface area contributed by atoms with Gasteiger partial charge in [0.1, 0.15) is 5.82 Å². The van der Waals surface area contributed by atoms with E-state index in [4.69, 9.17) is 0 Å². The Morgan fingerprint density at radius 1 is 1.04 bits per heavy atom. The molecule has 2 aromatic rings. The Morgan fingerprint density at radius 3 is 2.26 bits per heavy atom. The largest absolute Gasteiger partial charge is 0.465 e. The molecule has 8 heteroatoms. The minimum atomic E-state index is -0.429. The van der Waals surface area contributed by atoms with Crippen LogP contribution in [0.15, 0.2) is 42.6 Å². The molecule has 1 aliphatic heterocycles. The van der Waals surface area contributed by atoms with Crippen molar-refractivity contribution in [2.75, 3.05) is 43.5 Å². The summed E-state index contributed by atoms with van der Waals surface area (Å²) in [6.07, 6.45) is 2.38. The summed E-state index contributed by atoms with van der Waals surface area (Å²) in [4.78, 5) is 42.7. The molecule has 1 fully saturated rings. The summed E-state index contributed by atoms with van der Waals surface area (Å²) in [5, 5.41) is 2.76. The molecule has 1 aromatic carbocycles. The van der Waals surface area contributed by atoms with Gasteiger partial charge in [0, 0.05) is 38.1 Å². The number of benzene rings is 1. The van der Waals surface area contributed by atoms with Crippen LogP contribution in [0, 0.1) is 0 Å². The quantitative estimate of drug-likeness (QED) is 0.634. The number of carbonyl (C=O) groups is 3. The SMILES string of the molecule is COC(=O)c1ccc(NC(=O)c2ccc(N3CCN(C=O)CC3)nc2)cc1. The number of nitrogens with zero attached hydrogens (tertiary/aromatic N) is 3. The van der Waals surface area contributed by atoms with Crippen molar-refractivity contribution in [2.45, 2.75) is 0 Å². The zero-order valence-corrected chi connectivity index (χ0v) is 14.9. The molecule has 2 amide bonds. The van der Waals surface area contributed by atoms with E-state index in [1.54, 1.807) is 41.3 Å². The van der Waals surface area contributed by atoms with E-state index in [9.17, 15) is 14.4 Å². The van der Waals surface area contributed by atoms with Gasteiger partial charge in [-0.3, -0.25) is 9.59 Å². The van der Waals surface area contributed by atoms with Crippen molar-refractivity contribution in [2.24, 2.45) is 0 Å². The summed E-state index contributed by atoms with van der Waals surface area (Å²) in [5.74, 6) is 0.0619. The first-order valence-corrected chi connectivity index (χ1v) is 8.51. The fourth-order valence-electron chi connectivity index (χ4n) is 2.77. The third kappa shape index (κ3) is 4.41. The van der Waals surface area contributed by atoms with Crippen molar-refractivity contribution < 1.29 is 19.1 Å². The first-order chi connectivity index (χ1) is 13.1. The van der Waals surface area contributed by atoms with E-state index in [-0.39, 0.29) is 5.91 Å². The third-order valence-electron chi connectivity index (χ3n) is 4.36. The van der Waals surface area contributed by atoms with Crippen molar-refractivity contribution in [1.29, 1.82) is 0 Å². The molecule has 1 saturated heterocycles. The van der Waals surface area contributed by atoms with E-state index in [2.05, 4.69) is 19.9 Å². The Hall–Kier alpha value is -3.42. The summed E-state index contributed by atoms with van der Waals surface area (Å²) in [6.45, 7) is 2.75. The topological polar surface area (TPSA) is 91.8 Å². The number of esters is 1. The fourth-order valence-corrected chi connectivity index (χ4v) is 2.77. The van der Waals surface area contributed by atoms with Gasteiger partial charge in [0.15, 0.2) is 0 Å². The van der Waals surface area contributed by atoms with Crippen LogP contribution in [0.5, 0.6) is 0 Å². The van der Waals surface area contributed by atoms with E-state index < -0.39 is 5.97 Å². The third-order valence-corrected chi connectivity index (χ3v) is 4.36. The number of rotatable bonds is 5. The predicted molar refractivity (Wildman–Crippen MR) is 99.8 cm³/mol. The molecular formula is C19H20N4O4. The molecule has 27 heavy (non-hydrogen) atoms. The van der Waals surface area contributed by atoms with Crippen LogP contribution in [0.1, 0.15) is 20.7 Å². The second-order valence-electron chi connectivity index (χ2n) is 6.06. The molecule has 1 aliphatic rings. The van der Waals surface area contributed by atoms with Crippen molar-refractivity contribution in [3.63, 3.8) is 0 Å². The maximum absolute atomic E-state index is 12.4. The second-order valence-corrected chi connectivity index (χ2v) is 6.06. The molecule has 0 saturated carbocycles. The smallest absolute Gasteiger partial charge is 0.337 e. The molecule has 140 valence electrons. The highest BCUT2D eigenvalue weighted by Gasteiger charge is 2.17. The van der Waals surface area contributed by atoms with Crippen LogP contribution in [0.4, 0.5) is 11.5 Å². The van der Waals surface area contributed by atoms with Crippen LogP contribution in [0.25, 0.3) is 0 Å². The summed E-state index contributed by atoms with van der Waals surface area (Å²) in [5.41, 5.74) is 1.42. The van der Waals surface area contributed by atoms with E-state index in [0.717, 1.165) is 12.2 Å². The lowest BCUT2D eigenvalue weighted by Gasteiger charge is -2.33. The van der Waals surface area contributed by atoms with Gasteiger partial charge in [0.05, 0.1) is 18.2 Å². The maximum Gasteiger partial charge on any atom is 0.337 e. The molecule has 1 N–H and O–H groups in total. The normalized spacial score (nSPS) is 13.8. The number of methoxy groups -OCH3 is 1. The van der Waals surface area contributed by atoms with Gasteiger partial charge in [-0.2, -0.15) is 0 Å². The number of amides is 2. The lowest BCUT2D eigenvalue weighted by Crippen LogP contribution is -2.46. The highest BCUT2D eigenvalue weighted by molar-refractivity contribution is 6.04. The molecule has 1 aromatic heterocycles. The second kappa shape index (κ2) is 8.31. The summed E-state index contributed by atoms with van der Waals surface area (Å²) >= 11 is 0. The van der Waals surface area contributed by atoms with Crippen LogP contribution in [0.3, 0.4) is 0 Å². The zero-order valence-electron chi connectivity index (χ0n) is 14.9. The van der Waals surface area contributed by atoms with Gasteiger partial charge in [-0.05, 0) is 36.4 Å². The van der Waals surface area contributed by atoms with Crippen molar-refractivity contribution in [1.82, 2.24) is 9.88 Å².